The van der Waals surface area contributed by atoms with Crippen molar-refractivity contribution in [3.8, 4) is 5.88 Å². The molecule has 1 saturated carbocycles. The van der Waals surface area contributed by atoms with Crippen LogP contribution in [-0.4, -0.2) is 10.6 Å². The van der Waals surface area contributed by atoms with E-state index in [9.17, 15) is 4.39 Å². The minimum atomic E-state index is -1.05. The summed E-state index contributed by atoms with van der Waals surface area (Å²) in [4.78, 5) is 4.34. The van der Waals surface area contributed by atoms with Crippen molar-refractivity contribution in [2.24, 2.45) is 11.1 Å². The van der Waals surface area contributed by atoms with Crippen LogP contribution >= 0.6 is 0 Å². The van der Waals surface area contributed by atoms with Crippen LogP contribution < -0.4 is 10.5 Å². The van der Waals surface area contributed by atoms with E-state index in [0.29, 0.717) is 11.4 Å². The number of aromatic nitrogens is 1. The molecule has 2 heterocycles. The fourth-order valence-corrected chi connectivity index (χ4v) is 3.11. The van der Waals surface area contributed by atoms with Crippen molar-refractivity contribution in [2.75, 3.05) is 0 Å². The van der Waals surface area contributed by atoms with Gasteiger partial charge in [-0.15, -0.1) is 0 Å². The van der Waals surface area contributed by atoms with Gasteiger partial charge in [0, 0.05) is 29.8 Å². The first-order valence-electron chi connectivity index (χ1n) is 7.39. The monoisotopic (exact) mass is 278 g/mol. The Kier molecular flexibility index (Phi) is 3.05. The van der Waals surface area contributed by atoms with Gasteiger partial charge in [0.05, 0.1) is 0 Å². The molecular weight excluding hydrogens is 255 g/mol. The number of pyridine rings is 1. The Morgan fingerprint density at radius 1 is 1.45 bits per heavy atom. The lowest BCUT2D eigenvalue weighted by Gasteiger charge is -2.46. The number of hydrogen-bond acceptors (Lipinski definition) is 3. The summed E-state index contributed by atoms with van der Waals surface area (Å²) < 4.78 is 20.5. The highest BCUT2D eigenvalue weighted by Crippen LogP contribution is 2.48. The topological polar surface area (TPSA) is 48.1 Å². The van der Waals surface area contributed by atoms with Gasteiger partial charge >= 0.3 is 0 Å². The number of hydrogen-bond donors (Lipinski definition) is 1. The lowest BCUT2D eigenvalue weighted by Crippen LogP contribution is -2.48. The van der Waals surface area contributed by atoms with Gasteiger partial charge in [0.2, 0.25) is 5.88 Å². The van der Waals surface area contributed by atoms with Gasteiger partial charge in [-0.05, 0) is 30.7 Å². The number of rotatable bonds is 1. The molecule has 2 atom stereocenters. The van der Waals surface area contributed by atoms with E-state index in [2.05, 4.69) is 4.98 Å². The fraction of sp³-hybridized carbons (Fsp3) is 0.688. The summed E-state index contributed by atoms with van der Waals surface area (Å²) in [5.41, 5.74) is 7.18. The maximum atomic E-state index is 14.4. The van der Waals surface area contributed by atoms with E-state index >= 15 is 0 Å². The molecule has 0 aromatic carbocycles. The smallest absolute Gasteiger partial charge is 0.218 e. The Morgan fingerprint density at radius 2 is 2.15 bits per heavy atom. The molecular formula is C16H23FN2O. The summed E-state index contributed by atoms with van der Waals surface area (Å²) in [7, 11) is 0. The van der Waals surface area contributed by atoms with Gasteiger partial charge in [-0.3, -0.25) is 0 Å². The van der Waals surface area contributed by atoms with Gasteiger partial charge in [0.1, 0.15) is 11.8 Å². The Balaban J connectivity index is 1.92. The molecule has 1 aliphatic carbocycles. The van der Waals surface area contributed by atoms with Crippen molar-refractivity contribution >= 4 is 0 Å². The van der Waals surface area contributed by atoms with E-state index in [1.807, 2.05) is 26.8 Å². The zero-order valence-corrected chi connectivity index (χ0v) is 12.4. The highest BCUT2D eigenvalue weighted by Gasteiger charge is 2.45. The number of halogens is 1. The van der Waals surface area contributed by atoms with E-state index in [1.165, 1.54) is 6.42 Å². The predicted octanol–water partition coefficient (Wildman–Crippen LogP) is 3.84. The van der Waals surface area contributed by atoms with Gasteiger partial charge in [0.15, 0.2) is 0 Å². The van der Waals surface area contributed by atoms with E-state index < -0.39 is 11.6 Å². The molecule has 0 bridgehead atoms. The van der Waals surface area contributed by atoms with Crippen LogP contribution in [0.15, 0.2) is 12.3 Å². The first kappa shape index (κ1) is 13.8. The number of ether oxygens (including phenoxy) is 1. The van der Waals surface area contributed by atoms with Crippen molar-refractivity contribution in [1.82, 2.24) is 4.98 Å². The van der Waals surface area contributed by atoms with Crippen LogP contribution in [0.3, 0.4) is 0 Å². The summed E-state index contributed by atoms with van der Waals surface area (Å²) in [5.74, 6) is 0.605. The van der Waals surface area contributed by atoms with E-state index in [-0.39, 0.29) is 11.6 Å². The molecule has 1 aromatic heterocycles. The predicted molar refractivity (Wildman–Crippen MR) is 76.3 cm³/mol. The van der Waals surface area contributed by atoms with Crippen molar-refractivity contribution in [2.45, 2.75) is 64.3 Å². The van der Waals surface area contributed by atoms with Gasteiger partial charge < -0.3 is 10.5 Å². The molecule has 20 heavy (non-hydrogen) atoms. The second-order valence-corrected chi connectivity index (χ2v) is 7.34. The number of alkyl halides is 1. The molecule has 0 saturated heterocycles. The summed E-state index contributed by atoms with van der Waals surface area (Å²) in [6.07, 6.45) is 4.66. The summed E-state index contributed by atoms with van der Waals surface area (Å²) in [6, 6.07) is 1.74. The Bertz CT molecular complexity index is 520. The standard InChI is InChI=1S/C16H23FN2O/c1-15(2,3)13(17)10-7-11-12(18)8-16(5-4-6-16)20-14(11)19-9-10/h7,9,12-13H,4-6,8,18H2,1-3H3/t12-,13?/m0/s1. The van der Waals surface area contributed by atoms with Crippen LogP contribution in [0, 0.1) is 5.41 Å². The number of fused-ring (bicyclic) bond motifs is 1. The van der Waals surface area contributed by atoms with Crippen LogP contribution in [0.4, 0.5) is 4.39 Å². The molecule has 3 nitrogen and oxygen atoms in total. The highest BCUT2D eigenvalue weighted by atomic mass is 19.1. The lowest BCUT2D eigenvalue weighted by molar-refractivity contribution is -0.0370. The highest BCUT2D eigenvalue weighted by molar-refractivity contribution is 5.37. The molecule has 110 valence electrons. The lowest BCUT2D eigenvalue weighted by atomic mass is 9.73. The number of nitrogens with zero attached hydrogens (tertiary/aromatic N) is 1. The van der Waals surface area contributed by atoms with E-state index in [1.54, 1.807) is 6.20 Å². The van der Waals surface area contributed by atoms with Gasteiger partial charge in [-0.2, -0.15) is 0 Å². The molecule has 2 aliphatic rings. The maximum Gasteiger partial charge on any atom is 0.218 e. The van der Waals surface area contributed by atoms with Crippen LogP contribution in [0.5, 0.6) is 5.88 Å². The summed E-state index contributed by atoms with van der Waals surface area (Å²) >= 11 is 0. The molecule has 0 amide bonds. The van der Waals surface area contributed by atoms with Gasteiger partial charge in [-0.1, -0.05) is 20.8 Å². The van der Waals surface area contributed by atoms with Crippen LogP contribution in [-0.2, 0) is 0 Å². The molecule has 4 heteroatoms. The largest absolute Gasteiger partial charge is 0.471 e. The van der Waals surface area contributed by atoms with Crippen LogP contribution in [0.25, 0.3) is 0 Å². The first-order valence-corrected chi connectivity index (χ1v) is 7.39. The van der Waals surface area contributed by atoms with Gasteiger partial charge in [0.25, 0.3) is 0 Å². The van der Waals surface area contributed by atoms with E-state index in [0.717, 1.165) is 24.8 Å². The Labute approximate surface area is 119 Å². The third-order valence-electron chi connectivity index (χ3n) is 4.52. The molecule has 2 N–H and O–H groups in total. The van der Waals surface area contributed by atoms with Crippen molar-refractivity contribution < 1.29 is 9.13 Å². The van der Waals surface area contributed by atoms with E-state index in [4.69, 9.17) is 10.5 Å². The minimum Gasteiger partial charge on any atom is -0.471 e. The van der Waals surface area contributed by atoms with Crippen LogP contribution in [0.1, 0.15) is 69.8 Å². The van der Waals surface area contributed by atoms with Crippen molar-refractivity contribution in [3.63, 3.8) is 0 Å². The Hall–Kier alpha value is -1.16. The summed E-state index contributed by atoms with van der Waals surface area (Å²) in [5, 5.41) is 0. The third kappa shape index (κ3) is 2.20. The fourth-order valence-electron chi connectivity index (χ4n) is 3.11. The number of nitrogens with two attached hydrogens (primary N) is 1. The normalized spacial score (nSPS) is 25.6. The quantitative estimate of drug-likeness (QED) is 0.849. The third-order valence-corrected chi connectivity index (χ3v) is 4.52. The second-order valence-electron chi connectivity index (χ2n) is 7.34. The van der Waals surface area contributed by atoms with Crippen molar-refractivity contribution in [1.29, 1.82) is 0 Å². The molecule has 1 aliphatic heterocycles. The average Bonchev–Trinajstić information content (AvgIpc) is 2.34. The molecule has 3 rings (SSSR count). The van der Waals surface area contributed by atoms with Crippen molar-refractivity contribution in [3.05, 3.63) is 23.4 Å². The second kappa shape index (κ2) is 4.42. The molecule has 0 radical (unpaired) electrons. The Morgan fingerprint density at radius 3 is 2.70 bits per heavy atom. The molecule has 1 unspecified atom stereocenters. The zero-order valence-electron chi connectivity index (χ0n) is 12.4. The minimum absolute atomic E-state index is 0.0971. The first-order chi connectivity index (χ1) is 9.31. The SMILES string of the molecule is CC(C)(C)C(F)c1cnc2c(c1)[C@@H](N)CC1(CCC1)O2. The average molecular weight is 278 g/mol. The molecule has 1 spiro atoms. The van der Waals surface area contributed by atoms with Gasteiger partial charge in [-0.25, -0.2) is 9.37 Å². The summed E-state index contributed by atoms with van der Waals surface area (Å²) in [6.45, 7) is 5.66. The van der Waals surface area contributed by atoms with Crippen LogP contribution in [0.2, 0.25) is 0 Å². The zero-order chi connectivity index (χ0) is 14.5. The molecule has 1 aromatic rings. The molecule has 1 fully saturated rings. The maximum absolute atomic E-state index is 14.4.